The average molecular weight is 380 g/mol. The van der Waals surface area contributed by atoms with E-state index in [2.05, 4.69) is 15.6 Å². The Kier molecular flexibility index (Phi) is 5.39. The van der Waals surface area contributed by atoms with Gasteiger partial charge in [0.25, 0.3) is 5.56 Å². The fourth-order valence-electron chi connectivity index (χ4n) is 2.76. The summed E-state index contributed by atoms with van der Waals surface area (Å²) in [7, 11) is 0. The fourth-order valence-corrected chi connectivity index (χ4v) is 2.76. The molecule has 0 bridgehead atoms. The lowest BCUT2D eigenvalue weighted by Gasteiger charge is -2.12. The normalized spacial score (nSPS) is 10.6. The maximum Gasteiger partial charge on any atom is 0.329 e. The van der Waals surface area contributed by atoms with Crippen LogP contribution in [0, 0.1) is 6.92 Å². The quantitative estimate of drug-likeness (QED) is 0.628. The fraction of sp³-hybridized carbons (Fsp3) is 0.200. The van der Waals surface area contributed by atoms with Crippen LogP contribution in [-0.2, 0) is 16.1 Å². The Hall–Kier alpha value is -3.68. The number of aromatic nitrogens is 2. The summed E-state index contributed by atoms with van der Waals surface area (Å²) in [6.45, 7) is 3.12. The molecule has 0 aliphatic heterocycles. The monoisotopic (exact) mass is 380 g/mol. The van der Waals surface area contributed by atoms with Gasteiger partial charge in [0, 0.05) is 17.8 Å². The molecule has 1 aromatic heterocycles. The van der Waals surface area contributed by atoms with Crippen LogP contribution < -0.4 is 21.9 Å². The molecule has 0 unspecified atom stereocenters. The number of hydrogen-bond acceptors (Lipinski definition) is 4. The molecule has 0 atom stereocenters. The highest BCUT2D eigenvalue weighted by Crippen LogP contribution is 2.20. The minimum atomic E-state index is -0.653. The van der Waals surface area contributed by atoms with Crippen LogP contribution in [0.4, 0.5) is 11.4 Å². The van der Waals surface area contributed by atoms with Crippen LogP contribution in [0.25, 0.3) is 10.9 Å². The lowest BCUT2D eigenvalue weighted by molar-refractivity contribution is -0.117. The second kappa shape index (κ2) is 7.91. The number of aryl methyl sites for hydroxylation is 1. The van der Waals surface area contributed by atoms with Gasteiger partial charge < -0.3 is 15.6 Å². The minimum Gasteiger partial charge on any atom is -0.326 e. The van der Waals surface area contributed by atoms with E-state index in [1.165, 1.54) is 0 Å². The molecule has 3 rings (SSSR count). The van der Waals surface area contributed by atoms with Gasteiger partial charge in [-0.3, -0.25) is 19.0 Å². The summed E-state index contributed by atoms with van der Waals surface area (Å²) in [6, 6.07) is 11.7. The van der Waals surface area contributed by atoms with E-state index in [4.69, 9.17) is 0 Å². The Balaban J connectivity index is 1.84. The zero-order valence-corrected chi connectivity index (χ0v) is 15.5. The van der Waals surface area contributed by atoms with E-state index in [0.29, 0.717) is 28.7 Å². The third kappa shape index (κ3) is 4.01. The van der Waals surface area contributed by atoms with Crippen molar-refractivity contribution < 1.29 is 9.59 Å². The first-order valence-corrected chi connectivity index (χ1v) is 8.81. The van der Waals surface area contributed by atoms with Gasteiger partial charge >= 0.3 is 5.69 Å². The number of aromatic amines is 1. The molecule has 0 radical (unpaired) electrons. The second-order valence-electron chi connectivity index (χ2n) is 6.35. The summed E-state index contributed by atoms with van der Waals surface area (Å²) in [5.41, 5.74) is 1.05. The van der Waals surface area contributed by atoms with E-state index in [1.54, 1.807) is 56.3 Å². The number of rotatable bonds is 5. The number of amides is 2. The van der Waals surface area contributed by atoms with Crippen molar-refractivity contribution in [3.8, 4) is 0 Å². The third-order valence-corrected chi connectivity index (χ3v) is 4.31. The van der Waals surface area contributed by atoms with Gasteiger partial charge in [-0.1, -0.05) is 25.1 Å². The predicted molar refractivity (Wildman–Crippen MR) is 108 cm³/mol. The zero-order valence-electron chi connectivity index (χ0n) is 15.5. The van der Waals surface area contributed by atoms with Gasteiger partial charge in [0.05, 0.1) is 10.9 Å². The summed E-state index contributed by atoms with van der Waals surface area (Å²) in [5.74, 6) is -0.666. The smallest absolute Gasteiger partial charge is 0.326 e. The Bertz CT molecular complexity index is 1180. The first-order valence-electron chi connectivity index (χ1n) is 8.81. The first-order chi connectivity index (χ1) is 13.4. The largest absolute Gasteiger partial charge is 0.329 e. The number of nitrogens with one attached hydrogen (secondary N) is 3. The Morgan fingerprint density at radius 3 is 2.54 bits per heavy atom. The van der Waals surface area contributed by atoms with Crippen LogP contribution in [0.1, 0.15) is 18.9 Å². The van der Waals surface area contributed by atoms with E-state index >= 15 is 0 Å². The minimum absolute atomic E-state index is 0.143. The van der Waals surface area contributed by atoms with Crippen LogP contribution in [0.5, 0.6) is 0 Å². The van der Waals surface area contributed by atoms with Crippen molar-refractivity contribution in [1.29, 1.82) is 0 Å². The van der Waals surface area contributed by atoms with E-state index in [1.807, 2.05) is 0 Å². The summed E-state index contributed by atoms with van der Waals surface area (Å²) >= 11 is 0. The average Bonchev–Trinajstić information content (AvgIpc) is 2.67. The number of benzene rings is 2. The van der Waals surface area contributed by atoms with Crippen LogP contribution >= 0.6 is 0 Å². The van der Waals surface area contributed by atoms with E-state index in [0.717, 1.165) is 10.1 Å². The van der Waals surface area contributed by atoms with E-state index < -0.39 is 23.7 Å². The van der Waals surface area contributed by atoms with E-state index in [-0.39, 0.29) is 5.91 Å². The van der Waals surface area contributed by atoms with Crippen molar-refractivity contribution in [1.82, 2.24) is 9.55 Å². The number of H-pyrrole nitrogens is 1. The molecule has 8 nitrogen and oxygen atoms in total. The number of nitrogens with zero attached hydrogens (tertiary/aromatic N) is 1. The maximum absolute atomic E-state index is 12.5. The van der Waals surface area contributed by atoms with Crippen molar-refractivity contribution in [2.24, 2.45) is 0 Å². The maximum atomic E-state index is 12.5. The van der Waals surface area contributed by atoms with Crippen LogP contribution in [0.3, 0.4) is 0 Å². The molecule has 2 amide bonds. The molecule has 1 heterocycles. The first kappa shape index (κ1) is 19.1. The molecule has 8 heteroatoms. The highest BCUT2D eigenvalue weighted by Gasteiger charge is 2.12. The molecule has 2 aromatic carbocycles. The molecule has 3 N–H and O–H groups in total. The number of anilines is 2. The second-order valence-corrected chi connectivity index (χ2v) is 6.35. The molecule has 0 saturated heterocycles. The Morgan fingerprint density at radius 2 is 1.79 bits per heavy atom. The predicted octanol–water partition coefficient (Wildman–Crippen LogP) is 1.99. The molecule has 0 saturated carbocycles. The summed E-state index contributed by atoms with van der Waals surface area (Å²) in [6.07, 6.45) is 0.337. The molecule has 0 fully saturated rings. The van der Waals surface area contributed by atoms with Gasteiger partial charge in [0.2, 0.25) is 11.8 Å². The number of carbonyl (C=O) groups excluding carboxylic acids is 2. The molecule has 0 spiro atoms. The molecule has 0 aliphatic rings. The topological polar surface area (TPSA) is 113 Å². The van der Waals surface area contributed by atoms with Crippen molar-refractivity contribution in [3.63, 3.8) is 0 Å². The van der Waals surface area contributed by atoms with Crippen LogP contribution in [0.15, 0.2) is 52.1 Å². The molecule has 144 valence electrons. The third-order valence-electron chi connectivity index (χ3n) is 4.31. The lowest BCUT2D eigenvalue weighted by atomic mass is 10.1. The van der Waals surface area contributed by atoms with Crippen molar-refractivity contribution in [3.05, 3.63) is 68.9 Å². The number of carbonyl (C=O) groups is 2. The summed E-state index contributed by atoms with van der Waals surface area (Å²) in [5, 5.41) is 5.74. The Morgan fingerprint density at radius 1 is 1.04 bits per heavy atom. The summed E-state index contributed by atoms with van der Waals surface area (Å²) in [4.78, 5) is 51.3. The summed E-state index contributed by atoms with van der Waals surface area (Å²) < 4.78 is 0.857. The van der Waals surface area contributed by atoms with Gasteiger partial charge in [-0.05, 0) is 36.8 Å². The Labute approximate surface area is 160 Å². The molecule has 28 heavy (non-hydrogen) atoms. The molecule has 3 aromatic rings. The SMILES string of the molecule is CCC(=O)Nc1ccc(C)c(NC(=O)Cn2c(=O)[nH]c3ccccc3c2=O)c1. The number of hydrogen-bond donors (Lipinski definition) is 3. The van der Waals surface area contributed by atoms with Crippen molar-refractivity contribution in [2.45, 2.75) is 26.8 Å². The molecular formula is C20H20N4O4. The number of para-hydroxylation sites is 1. The van der Waals surface area contributed by atoms with E-state index in [9.17, 15) is 19.2 Å². The highest BCUT2D eigenvalue weighted by molar-refractivity contribution is 5.94. The van der Waals surface area contributed by atoms with Gasteiger partial charge in [-0.25, -0.2) is 4.79 Å². The van der Waals surface area contributed by atoms with Gasteiger partial charge in [-0.2, -0.15) is 0 Å². The lowest BCUT2D eigenvalue weighted by Crippen LogP contribution is -2.38. The van der Waals surface area contributed by atoms with Crippen LogP contribution in [0.2, 0.25) is 0 Å². The van der Waals surface area contributed by atoms with Crippen LogP contribution in [-0.4, -0.2) is 21.4 Å². The molecule has 0 aliphatic carbocycles. The zero-order chi connectivity index (χ0) is 20.3. The highest BCUT2D eigenvalue weighted by atomic mass is 16.2. The van der Waals surface area contributed by atoms with Gasteiger partial charge in [0.1, 0.15) is 6.54 Å². The van der Waals surface area contributed by atoms with Crippen molar-refractivity contribution >= 4 is 34.1 Å². The standard InChI is InChI=1S/C20H20N4O4/c1-3-17(25)21-13-9-8-12(2)16(10-13)22-18(26)11-24-19(27)14-6-4-5-7-15(14)23-20(24)28/h4-10H,3,11H2,1-2H3,(H,21,25)(H,22,26)(H,23,28). The van der Waals surface area contributed by atoms with Crippen molar-refractivity contribution in [2.75, 3.05) is 10.6 Å². The van der Waals surface area contributed by atoms with Gasteiger partial charge in [-0.15, -0.1) is 0 Å². The molecular weight excluding hydrogens is 360 g/mol. The number of fused-ring (bicyclic) bond motifs is 1. The van der Waals surface area contributed by atoms with Gasteiger partial charge in [0.15, 0.2) is 0 Å².